The number of hydrogen-bond donors (Lipinski definition) is 1. The van der Waals surface area contributed by atoms with Crippen molar-refractivity contribution in [3.63, 3.8) is 0 Å². The standard InChI is InChI=1S/C28H36IN/c1-18-9-12-21-6-4-5-15-28(21,29)25-13-10-19(16-23(18)25)20-11-14-27-24(17-20)22-7-2-3-8-26(22)30-27/h2,5,7,14-18,20-23,25-26,30H,3-4,6,8-13H2,1H3/t18?,20?,21?,22?,23?,25?,26?,28-/m1/s1. The van der Waals surface area contributed by atoms with Crippen molar-refractivity contribution in [1.82, 2.24) is 5.32 Å². The molecule has 1 saturated heterocycles. The van der Waals surface area contributed by atoms with Crippen LogP contribution in [0.5, 0.6) is 0 Å². The normalized spacial score (nSPS) is 46.9. The van der Waals surface area contributed by atoms with Gasteiger partial charge in [0.05, 0.1) is 0 Å². The van der Waals surface area contributed by atoms with Crippen molar-refractivity contribution in [3.05, 3.63) is 59.4 Å². The van der Waals surface area contributed by atoms with E-state index in [1.807, 2.05) is 0 Å². The number of alkyl halides is 1. The second-order valence-corrected chi connectivity index (χ2v) is 12.8. The maximum absolute atomic E-state index is 3.83. The second-order valence-electron chi connectivity index (χ2n) is 10.9. The van der Waals surface area contributed by atoms with Crippen LogP contribution in [-0.4, -0.2) is 9.46 Å². The molecule has 5 aliphatic carbocycles. The zero-order chi connectivity index (χ0) is 20.3. The Kier molecular flexibility index (Phi) is 5.08. The summed E-state index contributed by atoms with van der Waals surface area (Å²) in [5.41, 5.74) is 4.81. The molecule has 160 valence electrons. The van der Waals surface area contributed by atoms with Gasteiger partial charge in [-0.2, -0.15) is 0 Å². The van der Waals surface area contributed by atoms with Crippen molar-refractivity contribution in [2.75, 3.05) is 0 Å². The monoisotopic (exact) mass is 513 g/mol. The summed E-state index contributed by atoms with van der Waals surface area (Å²) in [6.45, 7) is 2.55. The molecule has 1 N–H and O–H groups in total. The summed E-state index contributed by atoms with van der Waals surface area (Å²) in [6, 6.07) is 0.645. The van der Waals surface area contributed by atoms with Crippen LogP contribution in [0.15, 0.2) is 59.4 Å². The molecule has 0 aromatic heterocycles. The highest BCUT2D eigenvalue weighted by Crippen LogP contribution is 2.56. The van der Waals surface area contributed by atoms with E-state index < -0.39 is 0 Å². The van der Waals surface area contributed by atoms with Crippen LogP contribution < -0.4 is 5.32 Å². The summed E-state index contributed by atoms with van der Waals surface area (Å²) in [4.78, 5) is 0. The second kappa shape index (κ2) is 7.67. The lowest BCUT2D eigenvalue weighted by Gasteiger charge is -2.46. The average Bonchev–Trinajstić information content (AvgIpc) is 3.11. The summed E-state index contributed by atoms with van der Waals surface area (Å²) >= 11 is 2.89. The van der Waals surface area contributed by atoms with Crippen molar-refractivity contribution < 1.29 is 0 Å². The summed E-state index contributed by atoms with van der Waals surface area (Å²) in [6.07, 6.45) is 30.0. The van der Waals surface area contributed by atoms with E-state index in [1.165, 1.54) is 63.5 Å². The summed E-state index contributed by atoms with van der Waals surface area (Å²) in [5.74, 6) is 4.59. The highest BCUT2D eigenvalue weighted by molar-refractivity contribution is 14.1. The van der Waals surface area contributed by atoms with Crippen LogP contribution in [0.4, 0.5) is 0 Å². The Morgan fingerprint density at radius 2 is 1.93 bits per heavy atom. The third kappa shape index (κ3) is 3.14. The predicted molar refractivity (Wildman–Crippen MR) is 134 cm³/mol. The number of halogens is 1. The van der Waals surface area contributed by atoms with Gasteiger partial charge in [-0.25, -0.2) is 0 Å². The van der Waals surface area contributed by atoms with Gasteiger partial charge in [-0.15, -0.1) is 0 Å². The molecular formula is C28H36IN. The van der Waals surface area contributed by atoms with E-state index in [0.29, 0.717) is 21.3 Å². The molecule has 0 aromatic carbocycles. The Bertz CT molecular complexity index is 860. The summed E-state index contributed by atoms with van der Waals surface area (Å²) < 4.78 is 0.404. The molecule has 2 fully saturated rings. The van der Waals surface area contributed by atoms with Crippen LogP contribution >= 0.6 is 22.6 Å². The van der Waals surface area contributed by atoms with Gasteiger partial charge in [0.15, 0.2) is 0 Å². The van der Waals surface area contributed by atoms with Gasteiger partial charge < -0.3 is 5.32 Å². The van der Waals surface area contributed by atoms with Crippen molar-refractivity contribution in [2.45, 2.75) is 74.2 Å². The molecule has 0 amide bonds. The van der Waals surface area contributed by atoms with Crippen molar-refractivity contribution >= 4 is 22.6 Å². The van der Waals surface area contributed by atoms with E-state index in [2.05, 4.69) is 77.4 Å². The summed E-state index contributed by atoms with van der Waals surface area (Å²) in [7, 11) is 0. The minimum absolute atomic E-state index is 0.404. The van der Waals surface area contributed by atoms with Gasteiger partial charge in [-0.1, -0.05) is 77.6 Å². The number of allylic oxidation sites excluding steroid dienone is 8. The molecule has 1 saturated carbocycles. The van der Waals surface area contributed by atoms with Gasteiger partial charge in [0.2, 0.25) is 0 Å². The third-order valence-electron chi connectivity index (χ3n) is 9.36. The lowest BCUT2D eigenvalue weighted by molar-refractivity contribution is 0.227. The first kappa shape index (κ1) is 19.9. The molecule has 30 heavy (non-hydrogen) atoms. The van der Waals surface area contributed by atoms with Crippen LogP contribution in [0.3, 0.4) is 0 Å². The topological polar surface area (TPSA) is 12.0 Å². The number of hydrogen-bond acceptors (Lipinski definition) is 1. The molecule has 0 radical (unpaired) electrons. The highest BCUT2D eigenvalue weighted by atomic mass is 127. The third-order valence-corrected chi connectivity index (χ3v) is 11.4. The molecule has 1 heterocycles. The Hall–Kier alpha value is -0.770. The Morgan fingerprint density at radius 1 is 1.03 bits per heavy atom. The molecule has 2 heteroatoms. The fraction of sp³-hybridized carbons (Fsp3) is 0.643. The molecule has 6 aliphatic rings. The van der Waals surface area contributed by atoms with Gasteiger partial charge in [-0.3, -0.25) is 0 Å². The van der Waals surface area contributed by atoms with Crippen LogP contribution in [-0.2, 0) is 0 Å². The quantitative estimate of drug-likeness (QED) is 0.221. The highest BCUT2D eigenvalue weighted by Gasteiger charge is 2.49. The molecular weight excluding hydrogens is 477 g/mol. The number of fused-ring (bicyclic) bond motifs is 6. The van der Waals surface area contributed by atoms with E-state index in [4.69, 9.17) is 0 Å². The summed E-state index contributed by atoms with van der Waals surface area (Å²) in [5, 5.41) is 3.83. The molecule has 8 atom stereocenters. The first-order chi connectivity index (χ1) is 14.6. The molecule has 1 nitrogen and oxygen atoms in total. The Labute approximate surface area is 196 Å². The largest absolute Gasteiger partial charge is 0.381 e. The van der Waals surface area contributed by atoms with Crippen LogP contribution in [0, 0.1) is 35.5 Å². The van der Waals surface area contributed by atoms with Crippen LogP contribution in [0.1, 0.15) is 64.7 Å². The van der Waals surface area contributed by atoms with Crippen molar-refractivity contribution in [1.29, 1.82) is 0 Å². The van der Waals surface area contributed by atoms with Gasteiger partial charge in [-0.05, 0) is 87.0 Å². The first-order valence-electron chi connectivity index (χ1n) is 12.6. The minimum Gasteiger partial charge on any atom is -0.381 e. The maximum Gasteiger partial charge on any atom is 0.0463 e. The lowest BCUT2D eigenvalue weighted by atomic mass is 9.65. The van der Waals surface area contributed by atoms with Gasteiger partial charge in [0.25, 0.3) is 0 Å². The van der Waals surface area contributed by atoms with Gasteiger partial charge >= 0.3 is 0 Å². The van der Waals surface area contributed by atoms with Gasteiger partial charge in [0, 0.05) is 27.0 Å². The van der Waals surface area contributed by atoms with E-state index in [9.17, 15) is 0 Å². The molecule has 7 unspecified atom stereocenters. The molecule has 0 spiro atoms. The molecule has 1 aliphatic heterocycles. The van der Waals surface area contributed by atoms with Crippen LogP contribution in [0.25, 0.3) is 0 Å². The molecule has 0 bridgehead atoms. The zero-order valence-electron chi connectivity index (χ0n) is 18.3. The Balaban J connectivity index is 1.30. The SMILES string of the molecule is CC1CCC2CCC=C[C@]2(I)C2CCC(C3C=C4C(=CC3)NC3CCC=CC43)=CC12. The molecule has 0 aromatic rings. The number of nitrogens with one attached hydrogen (secondary N) is 1. The minimum atomic E-state index is 0.404. The smallest absolute Gasteiger partial charge is 0.0463 e. The lowest BCUT2D eigenvalue weighted by Crippen LogP contribution is -2.43. The first-order valence-corrected chi connectivity index (χ1v) is 13.6. The maximum atomic E-state index is 3.83. The average molecular weight is 514 g/mol. The number of rotatable bonds is 1. The van der Waals surface area contributed by atoms with E-state index in [-0.39, 0.29) is 0 Å². The van der Waals surface area contributed by atoms with Crippen molar-refractivity contribution in [2.24, 2.45) is 35.5 Å². The van der Waals surface area contributed by atoms with E-state index in [1.54, 1.807) is 11.1 Å². The zero-order valence-corrected chi connectivity index (χ0v) is 20.5. The van der Waals surface area contributed by atoms with E-state index in [0.717, 1.165) is 23.7 Å². The van der Waals surface area contributed by atoms with Gasteiger partial charge in [0.1, 0.15) is 0 Å². The predicted octanol–water partition coefficient (Wildman–Crippen LogP) is 7.28. The van der Waals surface area contributed by atoms with Crippen molar-refractivity contribution in [3.8, 4) is 0 Å². The fourth-order valence-electron chi connectivity index (χ4n) is 7.66. The van der Waals surface area contributed by atoms with Crippen LogP contribution in [0.2, 0.25) is 0 Å². The molecule has 6 rings (SSSR count). The van der Waals surface area contributed by atoms with E-state index >= 15 is 0 Å². The Morgan fingerprint density at radius 3 is 2.87 bits per heavy atom. The fourth-order valence-corrected chi connectivity index (χ4v) is 9.26.